The zero-order valence-corrected chi connectivity index (χ0v) is 12.7. The molecule has 0 radical (unpaired) electrons. The number of aryl methyl sites for hydroxylation is 2. The van der Waals surface area contributed by atoms with E-state index in [4.69, 9.17) is 16.3 Å². The maximum atomic E-state index is 10.4. The first-order chi connectivity index (χ1) is 9.51. The molecule has 0 heterocycles. The SMILES string of the molecule is COc1cc(C(O)Cc2ccc(C)cc2Cl)ccc1C. The molecular formula is C17H19ClO2. The Labute approximate surface area is 125 Å². The van der Waals surface area contributed by atoms with Gasteiger partial charge in [-0.3, -0.25) is 0 Å². The number of methoxy groups -OCH3 is 1. The number of hydrogen-bond donors (Lipinski definition) is 1. The number of rotatable bonds is 4. The van der Waals surface area contributed by atoms with Gasteiger partial charge in [0.05, 0.1) is 13.2 Å². The highest BCUT2D eigenvalue weighted by molar-refractivity contribution is 6.31. The molecule has 2 aromatic rings. The van der Waals surface area contributed by atoms with Crippen LogP contribution in [-0.4, -0.2) is 12.2 Å². The zero-order chi connectivity index (χ0) is 14.7. The molecule has 0 spiro atoms. The molecule has 1 unspecified atom stereocenters. The molecule has 0 saturated carbocycles. The smallest absolute Gasteiger partial charge is 0.122 e. The molecular weight excluding hydrogens is 272 g/mol. The van der Waals surface area contributed by atoms with Crippen LogP contribution >= 0.6 is 11.6 Å². The molecule has 0 aromatic heterocycles. The van der Waals surface area contributed by atoms with Gasteiger partial charge in [-0.05, 0) is 48.2 Å². The Kier molecular flexibility index (Phi) is 4.69. The highest BCUT2D eigenvalue weighted by Gasteiger charge is 2.12. The molecule has 20 heavy (non-hydrogen) atoms. The summed E-state index contributed by atoms with van der Waals surface area (Å²) in [5.41, 5.74) is 3.95. The van der Waals surface area contributed by atoms with Crippen LogP contribution in [0.2, 0.25) is 5.02 Å². The van der Waals surface area contributed by atoms with Crippen molar-refractivity contribution in [2.24, 2.45) is 0 Å². The normalized spacial score (nSPS) is 12.2. The minimum atomic E-state index is -0.593. The van der Waals surface area contributed by atoms with Crippen molar-refractivity contribution in [1.82, 2.24) is 0 Å². The fourth-order valence-electron chi connectivity index (χ4n) is 2.19. The van der Waals surface area contributed by atoms with Gasteiger partial charge >= 0.3 is 0 Å². The summed E-state index contributed by atoms with van der Waals surface area (Å²) in [6.07, 6.45) is -0.101. The van der Waals surface area contributed by atoms with Crippen LogP contribution in [0, 0.1) is 13.8 Å². The van der Waals surface area contributed by atoms with Crippen LogP contribution in [0.3, 0.4) is 0 Å². The predicted octanol–water partition coefficient (Wildman–Crippen LogP) is 4.24. The third kappa shape index (κ3) is 3.33. The van der Waals surface area contributed by atoms with Crippen molar-refractivity contribution in [1.29, 1.82) is 0 Å². The molecule has 3 heteroatoms. The van der Waals surface area contributed by atoms with Gasteiger partial charge in [0.2, 0.25) is 0 Å². The average molecular weight is 291 g/mol. The second kappa shape index (κ2) is 6.29. The molecule has 2 aromatic carbocycles. The third-order valence-electron chi connectivity index (χ3n) is 3.44. The van der Waals surface area contributed by atoms with E-state index >= 15 is 0 Å². The maximum Gasteiger partial charge on any atom is 0.122 e. The van der Waals surface area contributed by atoms with Gasteiger partial charge < -0.3 is 9.84 Å². The van der Waals surface area contributed by atoms with E-state index in [9.17, 15) is 5.11 Å². The molecule has 0 aliphatic heterocycles. The van der Waals surface area contributed by atoms with E-state index < -0.39 is 6.10 Å². The largest absolute Gasteiger partial charge is 0.496 e. The summed E-state index contributed by atoms with van der Waals surface area (Å²) in [6, 6.07) is 11.6. The standard InChI is InChI=1S/C17H19ClO2/c1-11-4-6-13(15(18)8-11)9-16(19)14-7-5-12(2)17(10-14)20-3/h4-8,10,16,19H,9H2,1-3H3. The zero-order valence-electron chi connectivity index (χ0n) is 12.0. The van der Waals surface area contributed by atoms with Crippen molar-refractivity contribution < 1.29 is 9.84 Å². The van der Waals surface area contributed by atoms with E-state index in [2.05, 4.69) is 0 Å². The highest BCUT2D eigenvalue weighted by Crippen LogP contribution is 2.27. The second-order valence-electron chi connectivity index (χ2n) is 5.04. The number of benzene rings is 2. The maximum absolute atomic E-state index is 10.4. The van der Waals surface area contributed by atoms with E-state index in [0.29, 0.717) is 11.4 Å². The fraction of sp³-hybridized carbons (Fsp3) is 0.294. The Hall–Kier alpha value is -1.51. The summed E-state index contributed by atoms with van der Waals surface area (Å²) in [6.45, 7) is 3.97. The number of halogens is 1. The van der Waals surface area contributed by atoms with E-state index in [1.165, 1.54) is 0 Å². The number of hydrogen-bond acceptors (Lipinski definition) is 2. The van der Waals surface area contributed by atoms with Crippen LogP contribution in [0.4, 0.5) is 0 Å². The van der Waals surface area contributed by atoms with Crippen LogP contribution in [-0.2, 0) is 6.42 Å². The quantitative estimate of drug-likeness (QED) is 0.912. The van der Waals surface area contributed by atoms with Crippen LogP contribution < -0.4 is 4.74 Å². The van der Waals surface area contributed by atoms with Gasteiger partial charge in [0.25, 0.3) is 0 Å². The Bertz CT molecular complexity index is 608. The molecule has 2 nitrogen and oxygen atoms in total. The van der Waals surface area contributed by atoms with Crippen molar-refractivity contribution in [3.05, 3.63) is 63.7 Å². The molecule has 106 valence electrons. The molecule has 0 aliphatic rings. The highest BCUT2D eigenvalue weighted by atomic mass is 35.5. The topological polar surface area (TPSA) is 29.5 Å². The first kappa shape index (κ1) is 14.9. The van der Waals surface area contributed by atoms with Crippen LogP contribution in [0.5, 0.6) is 5.75 Å². The lowest BCUT2D eigenvalue weighted by Crippen LogP contribution is -2.03. The van der Waals surface area contributed by atoms with Crippen LogP contribution in [0.25, 0.3) is 0 Å². The van der Waals surface area contributed by atoms with Crippen LogP contribution in [0.15, 0.2) is 36.4 Å². The molecule has 0 saturated heterocycles. The Morgan fingerprint density at radius 3 is 2.55 bits per heavy atom. The monoisotopic (exact) mass is 290 g/mol. The second-order valence-corrected chi connectivity index (χ2v) is 5.45. The summed E-state index contributed by atoms with van der Waals surface area (Å²) in [7, 11) is 1.63. The fourth-order valence-corrected chi connectivity index (χ4v) is 2.50. The third-order valence-corrected chi connectivity index (χ3v) is 3.79. The predicted molar refractivity (Wildman–Crippen MR) is 82.6 cm³/mol. The molecule has 0 amide bonds. The Morgan fingerprint density at radius 2 is 1.90 bits per heavy atom. The summed E-state index contributed by atoms with van der Waals surface area (Å²) in [4.78, 5) is 0. The van der Waals surface area contributed by atoms with E-state index in [1.807, 2.05) is 50.2 Å². The van der Waals surface area contributed by atoms with Crippen molar-refractivity contribution in [2.45, 2.75) is 26.4 Å². The van der Waals surface area contributed by atoms with Crippen molar-refractivity contribution in [3.63, 3.8) is 0 Å². The van der Waals surface area contributed by atoms with E-state index in [1.54, 1.807) is 7.11 Å². The summed E-state index contributed by atoms with van der Waals surface area (Å²) < 4.78 is 5.29. The summed E-state index contributed by atoms with van der Waals surface area (Å²) >= 11 is 6.21. The van der Waals surface area contributed by atoms with Gasteiger partial charge in [-0.15, -0.1) is 0 Å². The number of aliphatic hydroxyl groups is 1. The van der Waals surface area contributed by atoms with Crippen LogP contribution in [0.1, 0.15) is 28.4 Å². The van der Waals surface area contributed by atoms with Gasteiger partial charge in [0, 0.05) is 11.4 Å². The lowest BCUT2D eigenvalue weighted by atomic mass is 9.99. The summed E-state index contributed by atoms with van der Waals surface area (Å²) in [5.74, 6) is 0.788. The molecule has 0 aliphatic carbocycles. The molecule has 0 fully saturated rings. The van der Waals surface area contributed by atoms with Gasteiger partial charge in [-0.25, -0.2) is 0 Å². The average Bonchev–Trinajstić information content (AvgIpc) is 2.42. The first-order valence-corrected chi connectivity index (χ1v) is 6.96. The van der Waals surface area contributed by atoms with Gasteiger partial charge in [-0.2, -0.15) is 0 Å². The first-order valence-electron chi connectivity index (χ1n) is 6.59. The number of ether oxygens (including phenoxy) is 1. The van der Waals surface area contributed by atoms with Gasteiger partial charge in [0.1, 0.15) is 5.75 Å². The summed E-state index contributed by atoms with van der Waals surface area (Å²) in [5, 5.41) is 11.1. The van der Waals surface area contributed by atoms with Crippen molar-refractivity contribution in [2.75, 3.05) is 7.11 Å². The van der Waals surface area contributed by atoms with E-state index in [-0.39, 0.29) is 0 Å². The van der Waals surface area contributed by atoms with Crippen molar-refractivity contribution >= 4 is 11.6 Å². The lowest BCUT2D eigenvalue weighted by Gasteiger charge is -2.14. The minimum absolute atomic E-state index is 0.491. The van der Waals surface area contributed by atoms with Crippen molar-refractivity contribution in [3.8, 4) is 5.75 Å². The molecule has 1 N–H and O–H groups in total. The molecule has 2 rings (SSSR count). The Morgan fingerprint density at radius 1 is 1.15 bits per heavy atom. The Balaban J connectivity index is 2.21. The minimum Gasteiger partial charge on any atom is -0.496 e. The molecule has 1 atom stereocenters. The molecule has 0 bridgehead atoms. The van der Waals surface area contributed by atoms with Gasteiger partial charge in [-0.1, -0.05) is 35.9 Å². The number of aliphatic hydroxyl groups excluding tert-OH is 1. The lowest BCUT2D eigenvalue weighted by molar-refractivity contribution is 0.178. The van der Waals surface area contributed by atoms with Gasteiger partial charge in [0.15, 0.2) is 0 Å². The van der Waals surface area contributed by atoms with E-state index in [0.717, 1.165) is 28.0 Å².